The fourth-order valence-corrected chi connectivity index (χ4v) is 1.32. The highest BCUT2D eigenvalue weighted by Gasteiger charge is 1.94. The Hall–Kier alpha value is -1.57. The molecule has 0 saturated carbocycles. The summed E-state index contributed by atoms with van der Waals surface area (Å²) in [5.41, 5.74) is 2.49. The average Bonchev–Trinajstić information content (AvgIpc) is 2.81. The third-order valence-corrected chi connectivity index (χ3v) is 1.95. The van der Waals surface area contributed by atoms with Crippen LogP contribution in [0.2, 0.25) is 0 Å². The molecule has 0 spiro atoms. The van der Waals surface area contributed by atoms with E-state index in [0.29, 0.717) is 0 Å². The van der Waals surface area contributed by atoms with Crippen molar-refractivity contribution in [2.45, 2.75) is 41.2 Å². The third kappa shape index (κ3) is 5.91. The van der Waals surface area contributed by atoms with Crippen molar-refractivity contribution in [1.82, 2.24) is 9.78 Å². The molecule has 0 amide bonds. The van der Waals surface area contributed by atoms with Crippen LogP contribution in [0.25, 0.3) is 0 Å². The van der Waals surface area contributed by atoms with E-state index < -0.39 is 0 Å². The highest BCUT2D eigenvalue weighted by Crippen LogP contribution is 2.02. The van der Waals surface area contributed by atoms with Gasteiger partial charge in [-0.1, -0.05) is 58.0 Å². The molecule has 17 heavy (non-hydrogen) atoms. The Bertz CT molecular complexity index is 377. The summed E-state index contributed by atoms with van der Waals surface area (Å²) in [5.74, 6) is 0. The lowest BCUT2D eigenvalue weighted by atomic mass is 10.2. The topological polar surface area (TPSA) is 17.8 Å². The van der Waals surface area contributed by atoms with Gasteiger partial charge in [0, 0.05) is 6.20 Å². The Labute approximate surface area is 105 Å². The molecule has 0 saturated heterocycles. The van der Waals surface area contributed by atoms with Crippen LogP contribution >= 0.6 is 0 Å². The zero-order valence-corrected chi connectivity index (χ0v) is 11.6. The molecule has 0 atom stereocenters. The summed E-state index contributed by atoms with van der Waals surface area (Å²) in [6.45, 7) is 10.9. The molecule has 0 radical (unpaired) electrons. The number of nitrogens with zero attached hydrogens (tertiary/aromatic N) is 2. The summed E-state index contributed by atoms with van der Waals surface area (Å²) in [7, 11) is 0. The second-order valence-corrected chi connectivity index (χ2v) is 3.20. The molecule has 94 valence electrons. The van der Waals surface area contributed by atoms with Crippen LogP contribution in [0.3, 0.4) is 0 Å². The van der Waals surface area contributed by atoms with Crippen LogP contribution in [0.4, 0.5) is 0 Å². The van der Waals surface area contributed by atoms with Crippen molar-refractivity contribution in [3.63, 3.8) is 0 Å². The molecule has 2 heteroatoms. The van der Waals surface area contributed by atoms with E-state index in [4.69, 9.17) is 0 Å². The third-order valence-electron chi connectivity index (χ3n) is 1.95. The quantitative estimate of drug-likeness (QED) is 0.755. The van der Waals surface area contributed by atoms with E-state index in [9.17, 15) is 0 Å². The van der Waals surface area contributed by atoms with Gasteiger partial charge in [-0.25, -0.2) is 0 Å². The van der Waals surface area contributed by atoms with Crippen molar-refractivity contribution >= 4 is 0 Å². The lowest BCUT2D eigenvalue weighted by Gasteiger charge is -2.00. The van der Waals surface area contributed by atoms with E-state index >= 15 is 0 Å². The SMILES string of the molecule is CC.CC.Cc1cnn(Cc2ccccc2)c1. The van der Waals surface area contributed by atoms with E-state index in [-0.39, 0.29) is 0 Å². The Kier molecular flexibility index (Phi) is 8.75. The molecule has 2 nitrogen and oxygen atoms in total. The Morgan fingerprint density at radius 1 is 1.00 bits per heavy atom. The molecule has 0 fully saturated rings. The Balaban J connectivity index is 0.000000581. The number of aromatic nitrogens is 2. The van der Waals surface area contributed by atoms with Gasteiger partial charge in [-0.15, -0.1) is 0 Å². The summed E-state index contributed by atoms with van der Waals surface area (Å²) in [5, 5.41) is 4.23. The lowest BCUT2D eigenvalue weighted by molar-refractivity contribution is 0.686. The van der Waals surface area contributed by atoms with Gasteiger partial charge in [-0.05, 0) is 18.1 Å². The highest BCUT2D eigenvalue weighted by atomic mass is 15.3. The molecule has 0 N–H and O–H groups in total. The smallest absolute Gasteiger partial charge is 0.0659 e. The highest BCUT2D eigenvalue weighted by molar-refractivity contribution is 5.15. The monoisotopic (exact) mass is 232 g/mol. The molecule has 0 aliphatic heterocycles. The van der Waals surface area contributed by atoms with Crippen molar-refractivity contribution in [1.29, 1.82) is 0 Å². The molecule has 0 unspecified atom stereocenters. The van der Waals surface area contributed by atoms with Gasteiger partial charge < -0.3 is 0 Å². The van der Waals surface area contributed by atoms with Crippen LogP contribution in [0, 0.1) is 6.92 Å². The minimum atomic E-state index is 0.856. The molecule has 0 aliphatic rings. The number of benzene rings is 1. The predicted octanol–water partition coefficient (Wildman–Crippen LogP) is 4.29. The van der Waals surface area contributed by atoms with Gasteiger partial charge >= 0.3 is 0 Å². The normalized spacial score (nSPS) is 8.53. The van der Waals surface area contributed by atoms with Crippen LogP contribution in [0.5, 0.6) is 0 Å². The summed E-state index contributed by atoms with van der Waals surface area (Å²) < 4.78 is 1.95. The molecular weight excluding hydrogens is 208 g/mol. The van der Waals surface area contributed by atoms with Gasteiger partial charge in [0.2, 0.25) is 0 Å². The first-order valence-electron chi connectivity index (χ1n) is 6.37. The molecule has 0 aliphatic carbocycles. The first-order valence-corrected chi connectivity index (χ1v) is 6.37. The van der Waals surface area contributed by atoms with Crippen LogP contribution < -0.4 is 0 Å². The minimum Gasteiger partial charge on any atom is -0.268 e. The van der Waals surface area contributed by atoms with Gasteiger partial charge in [0.25, 0.3) is 0 Å². The molecular formula is C15H24N2. The van der Waals surface area contributed by atoms with Crippen molar-refractivity contribution in [3.8, 4) is 0 Å². The standard InChI is InChI=1S/C11H12N2.2C2H6/c1-10-7-12-13(8-10)9-11-5-3-2-4-6-11;2*1-2/h2-8H,9H2,1H3;2*1-2H3. The largest absolute Gasteiger partial charge is 0.268 e. The van der Waals surface area contributed by atoms with Crippen LogP contribution in [0.15, 0.2) is 42.7 Å². The average molecular weight is 232 g/mol. The van der Waals surface area contributed by atoms with Crippen molar-refractivity contribution < 1.29 is 0 Å². The maximum Gasteiger partial charge on any atom is 0.0659 e. The van der Waals surface area contributed by atoms with Gasteiger partial charge in [0.1, 0.15) is 0 Å². The van der Waals surface area contributed by atoms with Gasteiger partial charge in [0.05, 0.1) is 12.7 Å². The van der Waals surface area contributed by atoms with Gasteiger partial charge in [0.15, 0.2) is 0 Å². The second kappa shape index (κ2) is 9.64. The molecule has 0 bridgehead atoms. The summed E-state index contributed by atoms with van der Waals surface area (Å²) in [4.78, 5) is 0. The number of rotatable bonds is 2. The maximum absolute atomic E-state index is 4.23. The maximum atomic E-state index is 4.23. The van der Waals surface area contributed by atoms with Crippen molar-refractivity contribution in [2.75, 3.05) is 0 Å². The van der Waals surface area contributed by atoms with E-state index in [1.54, 1.807) is 0 Å². The fraction of sp³-hybridized carbons (Fsp3) is 0.400. The first kappa shape index (κ1) is 15.4. The molecule has 1 aromatic carbocycles. The van der Waals surface area contributed by atoms with E-state index in [1.165, 1.54) is 11.1 Å². The summed E-state index contributed by atoms with van der Waals surface area (Å²) in [6, 6.07) is 10.3. The van der Waals surface area contributed by atoms with E-state index in [0.717, 1.165) is 6.54 Å². The van der Waals surface area contributed by atoms with Crippen LogP contribution in [0.1, 0.15) is 38.8 Å². The van der Waals surface area contributed by atoms with Crippen LogP contribution in [-0.4, -0.2) is 9.78 Å². The zero-order valence-electron chi connectivity index (χ0n) is 11.6. The van der Waals surface area contributed by atoms with Gasteiger partial charge in [-0.3, -0.25) is 4.68 Å². The summed E-state index contributed by atoms with van der Waals surface area (Å²) >= 11 is 0. The predicted molar refractivity (Wildman–Crippen MR) is 75.2 cm³/mol. The van der Waals surface area contributed by atoms with E-state index in [1.807, 2.05) is 63.0 Å². The first-order chi connectivity index (χ1) is 8.34. The number of aryl methyl sites for hydroxylation is 1. The molecule has 1 aromatic heterocycles. The molecule has 2 rings (SSSR count). The van der Waals surface area contributed by atoms with Crippen molar-refractivity contribution in [2.24, 2.45) is 0 Å². The van der Waals surface area contributed by atoms with E-state index in [2.05, 4.69) is 24.2 Å². The Morgan fingerprint density at radius 2 is 1.59 bits per heavy atom. The minimum absolute atomic E-state index is 0.856. The number of hydrogen-bond donors (Lipinski definition) is 0. The fourth-order valence-electron chi connectivity index (χ4n) is 1.32. The van der Waals surface area contributed by atoms with Crippen molar-refractivity contribution in [3.05, 3.63) is 53.9 Å². The second-order valence-electron chi connectivity index (χ2n) is 3.20. The molecule has 1 heterocycles. The van der Waals surface area contributed by atoms with Crippen LogP contribution in [-0.2, 0) is 6.54 Å². The Morgan fingerprint density at radius 3 is 2.06 bits per heavy atom. The number of hydrogen-bond acceptors (Lipinski definition) is 1. The molecule has 2 aromatic rings. The lowest BCUT2D eigenvalue weighted by Crippen LogP contribution is -1.98. The van der Waals surface area contributed by atoms with Gasteiger partial charge in [-0.2, -0.15) is 5.10 Å². The summed E-state index contributed by atoms with van der Waals surface area (Å²) in [6.07, 6.45) is 3.93. The zero-order chi connectivity index (χ0) is 13.1.